The molecule has 1 aromatic heterocycles. The lowest BCUT2D eigenvalue weighted by Gasteiger charge is -2.32. The number of hydrogen-bond donors (Lipinski definition) is 1. The number of aromatic nitrogens is 4. The van der Waals surface area contributed by atoms with E-state index in [0.29, 0.717) is 36.0 Å². The van der Waals surface area contributed by atoms with Crippen LogP contribution in [0, 0.1) is 0 Å². The molecule has 138 valence electrons. The molecule has 1 N–H and O–H groups in total. The van der Waals surface area contributed by atoms with E-state index in [2.05, 4.69) is 20.8 Å². The van der Waals surface area contributed by atoms with Crippen LogP contribution in [0.5, 0.6) is 0 Å². The monoisotopic (exact) mass is 374 g/mol. The van der Waals surface area contributed by atoms with E-state index in [1.165, 1.54) is 11.8 Å². The predicted molar refractivity (Wildman–Crippen MR) is 97.6 cm³/mol. The van der Waals surface area contributed by atoms with Crippen molar-refractivity contribution in [3.8, 4) is 0 Å². The molecule has 2 heterocycles. The highest BCUT2D eigenvalue weighted by molar-refractivity contribution is 7.99. The molecule has 2 amide bonds. The largest absolute Gasteiger partial charge is 0.349 e. The van der Waals surface area contributed by atoms with E-state index in [1.807, 2.05) is 23.1 Å². The van der Waals surface area contributed by atoms with Crippen molar-refractivity contribution in [2.45, 2.75) is 30.5 Å². The lowest BCUT2D eigenvalue weighted by atomic mass is 10.0. The van der Waals surface area contributed by atoms with Crippen LogP contribution < -0.4 is 5.32 Å². The fourth-order valence-electron chi connectivity index (χ4n) is 2.86. The van der Waals surface area contributed by atoms with Gasteiger partial charge in [0.05, 0.1) is 0 Å². The van der Waals surface area contributed by atoms with Crippen molar-refractivity contribution in [1.82, 2.24) is 30.4 Å². The van der Waals surface area contributed by atoms with Crippen molar-refractivity contribution < 1.29 is 9.59 Å². The average molecular weight is 374 g/mol. The number of amides is 2. The predicted octanol–water partition coefficient (Wildman–Crippen LogP) is 1.11. The quantitative estimate of drug-likeness (QED) is 0.762. The Hall–Kier alpha value is -2.42. The number of tetrazole rings is 1. The average Bonchev–Trinajstić information content (AvgIpc) is 3.08. The minimum absolute atomic E-state index is 0.0518. The molecule has 2 aromatic rings. The van der Waals surface area contributed by atoms with Gasteiger partial charge in [0.2, 0.25) is 11.1 Å². The van der Waals surface area contributed by atoms with E-state index < -0.39 is 0 Å². The first-order valence-corrected chi connectivity index (χ1v) is 9.61. The van der Waals surface area contributed by atoms with Gasteiger partial charge in [-0.05, 0) is 35.4 Å². The molecule has 0 spiro atoms. The Kier molecular flexibility index (Phi) is 6.21. The van der Waals surface area contributed by atoms with Crippen molar-refractivity contribution in [2.75, 3.05) is 18.8 Å². The first kappa shape index (κ1) is 18.4. The van der Waals surface area contributed by atoms with Crippen molar-refractivity contribution >= 4 is 23.6 Å². The normalized spacial score (nSPS) is 15.0. The summed E-state index contributed by atoms with van der Waals surface area (Å²) in [6, 6.07) is 9.32. The molecule has 1 aromatic carbocycles. The molecule has 0 radical (unpaired) electrons. The van der Waals surface area contributed by atoms with E-state index in [1.54, 1.807) is 23.9 Å². The Bertz CT molecular complexity index is 743. The number of aryl methyl sites for hydroxylation is 1. The molecule has 1 aliphatic heterocycles. The smallest absolute Gasteiger partial charge is 0.251 e. The van der Waals surface area contributed by atoms with Gasteiger partial charge in [-0.3, -0.25) is 9.59 Å². The van der Waals surface area contributed by atoms with Crippen molar-refractivity contribution in [2.24, 2.45) is 7.05 Å². The van der Waals surface area contributed by atoms with Gasteiger partial charge in [-0.1, -0.05) is 30.0 Å². The first-order chi connectivity index (χ1) is 12.6. The van der Waals surface area contributed by atoms with Gasteiger partial charge in [-0.2, -0.15) is 0 Å². The number of nitrogens with zero attached hydrogens (tertiary/aromatic N) is 5. The number of thioether (sulfide) groups is 1. The Labute approximate surface area is 156 Å². The number of rotatable bonds is 6. The molecule has 9 heteroatoms. The minimum atomic E-state index is -0.0518. The van der Waals surface area contributed by atoms with Gasteiger partial charge in [0, 0.05) is 43.9 Å². The van der Waals surface area contributed by atoms with Crippen LogP contribution in [-0.2, 0) is 11.8 Å². The summed E-state index contributed by atoms with van der Waals surface area (Å²) in [5.74, 6) is 0.738. The highest BCUT2D eigenvalue weighted by Crippen LogP contribution is 2.16. The summed E-state index contributed by atoms with van der Waals surface area (Å²) in [5.41, 5.74) is 0.668. The van der Waals surface area contributed by atoms with Gasteiger partial charge in [-0.15, -0.1) is 5.10 Å². The zero-order valence-corrected chi connectivity index (χ0v) is 15.5. The molecule has 1 fully saturated rings. The number of benzene rings is 1. The zero-order valence-electron chi connectivity index (χ0n) is 14.7. The SMILES string of the molecule is Cn1nnnc1SCCC(=O)N1CCC(NC(=O)c2ccccc2)CC1. The van der Waals surface area contributed by atoms with Crippen molar-refractivity contribution in [1.29, 1.82) is 0 Å². The molecule has 0 bridgehead atoms. The summed E-state index contributed by atoms with van der Waals surface area (Å²) in [7, 11) is 1.78. The number of carbonyl (C=O) groups excluding carboxylic acids is 2. The molecule has 0 atom stereocenters. The second-order valence-corrected chi connectivity index (χ2v) is 7.24. The van der Waals surface area contributed by atoms with Crippen LogP contribution in [0.15, 0.2) is 35.5 Å². The van der Waals surface area contributed by atoms with Gasteiger partial charge >= 0.3 is 0 Å². The van der Waals surface area contributed by atoms with E-state index in [-0.39, 0.29) is 17.9 Å². The van der Waals surface area contributed by atoms with Crippen LogP contribution in [0.1, 0.15) is 29.6 Å². The summed E-state index contributed by atoms with van der Waals surface area (Å²) in [6.07, 6.45) is 2.02. The topological polar surface area (TPSA) is 93.0 Å². The molecule has 26 heavy (non-hydrogen) atoms. The molecular weight excluding hydrogens is 352 g/mol. The summed E-state index contributed by atoms with van der Waals surface area (Å²) in [6.45, 7) is 1.35. The molecule has 0 saturated carbocycles. The molecule has 3 rings (SSSR count). The maximum Gasteiger partial charge on any atom is 0.251 e. The third kappa shape index (κ3) is 4.81. The Morgan fingerprint density at radius 3 is 2.62 bits per heavy atom. The highest BCUT2D eigenvalue weighted by atomic mass is 32.2. The summed E-state index contributed by atoms with van der Waals surface area (Å²) in [5, 5.41) is 15.0. The summed E-state index contributed by atoms with van der Waals surface area (Å²) < 4.78 is 1.59. The second kappa shape index (κ2) is 8.79. The van der Waals surface area contributed by atoms with Crippen LogP contribution in [-0.4, -0.2) is 61.8 Å². The van der Waals surface area contributed by atoms with Gasteiger partial charge in [0.1, 0.15) is 0 Å². The summed E-state index contributed by atoms with van der Waals surface area (Å²) in [4.78, 5) is 26.4. The fourth-order valence-corrected chi connectivity index (χ4v) is 3.64. The Morgan fingerprint density at radius 1 is 1.23 bits per heavy atom. The number of nitrogens with one attached hydrogen (secondary N) is 1. The summed E-state index contributed by atoms with van der Waals surface area (Å²) >= 11 is 1.47. The third-order valence-electron chi connectivity index (χ3n) is 4.35. The molecule has 0 aliphatic carbocycles. The number of likely N-dealkylation sites (tertiary alicyclic amines) is 1. The zero-order chi connectivity index (χ0) is 18.4. The molecule has 1 aliphatic rings. The highest BCUT2D eigenvalue weighted by Gasteiger charge is 2.24. The van der Waals surface area contributed by atoms with E-state index >= 15 is 0 Å². The van der Waals surface area contributed by atoms with Crippen LogP contribution in [0.3, 0.4) is 0 Å². The van der Waals surface area contributed by atoms with Crippen LogP contribution >= 0.6 is 11.8 Å². The maximum atomic E-state index is 12.3. The molecule has 8 nitrogen and oxygen atoms in total. The Morgan fingerprint density at radius 2 is 1.96 bits per heavy atom. The van der Waals surface area contributed by atoms with Gasteiger partial charge in [0.15, 0.2) is 0 Å². The van der Waals surface area contributed by atoms with Gasteiger partial charge in [0.25, 0.3) is 5.91 Å². The second-order valence-electron chi connectivity index (χ2n) is 6.18. The standard InChI is InChI=1S/C17H22N6O2S/c1-22-17(19-20-21-22)26-12-9-15(24)23-10-7-14(8-11-23)18-16(25)13-5-3-2-4-6-13/h2-6,14H,7-12H2,1H3,(H,18,25). The van der Waals surface area contributed by atoms with Crippen LogP contribution in [0.25, 0.3) is 0 Å². The van der Waals surface area contributed by atoms with E-state index in [4.69, 9.17) is 0 Å². The maximum absolute atomic E-state index is 12.3. The fraction of sp³-hybridized carbons (Fsp3) is 0.471. The lowest BCUT2D eigenvalue weighted by Crippen LogP contribution is -2.46. The lowest BCUT2D eigenvalue weighted by molar-refractivity contribution is -0.131. The molecule has 0 unspecified atom stereocenters. The number of piperidine rings is 1. The number of hydrogen-bond acceptors (Lipinski definition) is 6. The van der Waals surface area contributed by atoms with E-state index in [0.717, 1.165) is 12.8 Å². The first-order valence-electron chi connectivity index (χ1n) is 8.62. The van der Waals surface area contributed by atoms with Crippen molar-refractivity contribution in [3.05, 3.63) is 35.9 Å². The van der Waals surface area contributed by atoms with Gasteiger partial charge in [-0.25, -0.2) is 4.68 Å². The third-order valence-corrected chi connectivity index (χ3v) is 5.36. The molecule has 1 saturated heterocycles. The van der Waals surface area contributed by atoms with Crippen LogP contribution in [0.4, 0.5) is 0 Å². The minimum Gasteiger partial charge on any atom is -0.349 e. The number of carbonyl (C=O) groups is 2. The Balaban J connectivity index is 1.38. The van der Waals surface area contributed by atoms with E-state index in [9.17, 15) is 9.59 Å². The van der Waals surface area contributed by atoms with Crippen LogP contribution in [0.2, 0.25) is 0 Å². The van der Waals surface area contributed by atoms with Gasteiger partial charge < -0.3 is 10.2 Å². The molecular formula is C17H22N6O2S. The van der Waals surface area contributed by atoms with Crippen molar-refractivity contribution in [3.63, 3.8) is 0 Å².